The van der Waals surface area contributed by atoms with Crippen molar-refractivity contribution in [3.63, 3.8) is 0 Å². The highest BCUT2D eigenvalue weighted by atomic mass is 16.4. The Hall–Kier alpha value is -1.37. The van der Waals surface area contributed by atoms with Gasteiger partial charge < -0.3 is 9.52 Å². The Kier molecular flexibility index (Phi) is 4.24. The second kappa shape index (κ2) is 5.73. The Bertz CT molecular complexity index is 458. The third-order valence-corrected chi connectivity index (χ3v) is 3.85. The number of aryl methyl sites for hydroxylation is 1. The van der Waals surface area contributed by atoms with E-state index in [-0.39, 0.29) is 18.4 Å². The number of nitrogen functional groups attached to an aromatic ring is 1. The third-order valence-electron chi connectivity index (χ3n) is 3.85. The molecular formula is C13H21N3O3. The lowest BCUT2D eigenvalue weighted by molar-refractivity contribution is 0.0916. The molecule has 0 aliphatic carbocycles. The average molecular weight is 267 g/mol. The van der Waals surface area contributed by atoms with Gasteiger partial charge in [0.2, 0.25) is 0 Å². The van der Waals surface area contributed by atoms with E-state index in [2.05, 4.69) is 17.2 Å². The first kappa shape index (κ1) is 14.0. The molecule has 0 spiro atoms. The van der Waals surface area contributed by atoms with Gasteiger partial charge in [0.1, 0.15) is 5.76 Å². The molecule has 0 bridgehead atoms. The molecule has 1 saturated heterocycles. The number of rotatable bonds is 4. The van der Waals surface area contributed by atoms with E-state index in [9.17, 15) is 9.90 Å². The van der Waals surface area contributed by atoms with Crippen LogP contribution in [0.3, 0.4) is 0 Å². The predicted molar refractivity (Wildman–Crippen MR) is 70.2 cm³/mol. The molecule has 1 aromatic rings. The number of carbonyl (C=O) groups is 1. The van der Waals surface area contributed by atoms with Gasteiger partial charge >= 0.3 is 5.91 Å². The SMILES string of the molecule is Cc1cc(CN2CCC(C)C2CO)oc1C(=O)NN. The Morgan fingerprint density at radius 1 is 1.68 bits per heavy atom. The molecule has 0 saturated carbocycles. The van der Waals surface area contributed by atoms with Crippen LogP contribution in [0.15, 0.2) is 10.5 Å². The molecule has 4 N–H and O–H groups in total. The van der Waals surface area contributed by atoms with Crippen LogP contribution in [0.2, 0.25) is 0 Å². The van der Waals surface area contributed by atoms with Crippen LogP contribution in [0.1, 0.15) is 35.2 Å². The van der Waals surface area contributed by atoms with Crippen molar-refractivity contribution in [1.82, 2.24) is 10.3 Å². The Morgan fingerprint density at radius 3 is 3.05 bits per heavy atom. The summed E-state index contributed by atoms with van der Waals surface area (Å²) >= 11 is 0. The molecule has 19 heavy (non-hydrogen) atoms. The summed E-state index contributed by atoms with van der Waals surface area (Å²) in [6.45, 7) is 5.64. The van der Waals surface area contributed by atoms with Crippen LogP contribution in [-0.2, 0) is 6.54 Å². The van der Waals surface area contributed by atoms with E-state index in [4.69, 9.17) is 10.3 Å². The highest BCUT2D eigenvalue weighted by Gasteiger charge is 2.31. The molecule has 0 radical (unpaired) electrons. The number of nitrogens with one attached hydrogen (secondary N) is 1. The topological polar surface area (TPSA) is 91.7 Å². The zero-order valence-corrected chi connectivity index (χ0v) is 11.3. The fraction of sp³-hybridized carbons (Fsp3) is 0.615. The number of amides is 1. The van der Waals surface area contributed by atoms with Crippen molar-refractivity contribution in [3.05, 3.63) is 23.2 Å². The zero-order chi connectivity index (χ0) is 14.0. The summed E-state index contributed by atoms with van der Waals surface area (Å²) in [5.41, 5.74) is 2.84. The van der Waals surface area contributed by atoms with Gasteiger partial charge in [-0.25, -0.2) is 5.84 Å². The second-order valence-corrected chi connectivity index (χ2v) is 5.18. The molecule has 1 aliphatic heterocycles. The van der Waals surface area contributed by atoms with Crippen molar-refractivity contribution in [2.75, 3.05) is 13.2 Å². The quantitative estimate of drug-likeness (QED) is 0.417. The van der Waals surface area contributed by atoms with Crippen molar-refractivity contribution in [2.24, 2.45) is 11.8 Å². The minimum absolute atomic E-state index is 0.150. The maximum atomic E-state index is 11.5. The van der Waals surface area contributed by atoms with Crippen LogP contribution >= 0.6 is 0 Å². The van der Waals surface area contributed by atoms with Gasteiger partial charge in [0, 0.05) is 11.6 Å². The molecule has 1 aromatic heterocycles. The predicted octanol–water partition coefficient (Wildman–Crippen LogP) is 0.394. The summed E-state index contributed by atoms with van der Waals surface area (Å²) in [6.07, 6.45) is 1.07. The first-order chi connectivity index (χ1) is 9.06. The molecule has 1 fully saturated rings. The molecule has 6 nitrogen and oxygen atoms in total. The maximum Gasteiger partial charge on any atom is 0.301 e. The van der Waals surface area contributed by atoms with E-state index >= 15 is 0 Å². The van der Waals surface area contributed by atoms with Gasteiger partial charge in [-0.1, -0.05) is 6.92 Å². The summed E-state index contributed by atoms with van der Waals surface area (Å²) in [7, 11) is 0. The van der Waals surface area contributed by atoms with Crippen molar-refractivity contribution in [1.29, 1.82) is 0 Å². The summed E-state index contributed by atoms with van der Waals surface area (Å²) < 4.78 is 5.54. The monoisotopic (exact) mass is 267 g/mol. The van der Waals surface area contributed by atoms with Crippen LogP contribution in [0.5, 0.6) is 0 Å². The average Bonchev–Trinajstić information content (AvgIpc) is 2.92. The van der Waals surface area contributed by atoms with Crippen molar-refractivity contribution in [3.8, 4) is 0 Å². The number of carbonyl (C=O) groups excluding carboxylic acids is 1. The van der Waals surface area contributed by atoms with Gasteiger partial charge in [0.05, 0.1) is 13.2 Å². The van der Waals surface area contributed by atoms with Gasteiger partial charge in [0.25, 0.3) is 0 Å². The maximum absolute atomic E-state index is 11.5. The molecule has 2 heterocycles. The molecule has 106 valence electrons. The summed E-state index contributed by atoms with van der Waals surface area (Å²) in [4.78, 5) is 13.7. The van der Waals surface area contributed by atoms with E-state index in [0.717, 1.165) is 24.3 Å². The van der Waals surface area contributed by atoms with E-state index in [0.29, 0.717) is 12.5 Å². The standard InChI is InChI=1S/C13H21N3O3/c1-8-3-4-16(11(8)7-17)6-10-5-9(2)12(19-10)13(18)15-14/h5,8,11,17H,3-4,6-7,14H2,1-2H3,(H,15,18). The van der Waals surface area contributed by atoms with Crippen molar-refractivity contribution in [2.45, 2.75) is 32.9 Å². The lowest BCUT2D eigenvalue weighted by Crippen LogP contribution is -2.34. The van der Waals surface area contributed by atoms with Crippen LogP contribution in [-0.4, -0.2) is 35.1 Å². The molecule has 2 unspecified atom stereocenters. The number of aliphatic hydroxyl groups excluding tert-OH is 1. The minimum Gasteiger partial charge on any atom is -0.454 e. The molecule has 2 rings (SSSR count). The second-order valence-electron chi connectivity index (χ2n) is 5.18. The van der Waals surface area contributed by atoms with Crippen LogP contribution < -0.4 is 11.3 Å². The molecule has 2 atom stereocenters. The Balaban J connectivity index is 2.10. The largest absolute Gasteiger partial charge is 0.454 e. The van der Waals surface area contributed by atoms with Crippen LogP contribution in [0.25, 0.3) is 0 Å². The number of furan rings is 1. The van der Waals surface area contributed by atoms with Crippen molar-refractivity contribution < 1.29 is 14.3 Å². The smallest absolute Gasteiger partial charge is 0.301 e. The molecule has 0 aromatic carbocycles. The number of hydrogen-bond acceptors (Lipinski definition) is 5. The van der Waals surface area contributed by atoms with E-state index in [1.807, 2.05) is 13.0 Å². The number of hydrazine groups is 1. The number of hydrogen-bond donors (Lipinski definition) is 3. The van der Waals surface area contributed by atoms with E-state index in [1.165, 1.54) is 0 Å². The Morgan fingerprint density at radius 2 is 2.42 bits per heavy atom. The molecule has 1 aliphatic rings. The number of nitrogens with zero attached hydrogens (tertiary/aromatic N) is 1. The van der Waals surface area contributed by atoms with Crippen molar-refractivity contribution >= 4 is 5.91 Å². The van der Waals surface area contributed by atoms with Gasteiger partial charge in [-0.3, -0.25) is 15.1 Å². The fourth-order valence-electron chi connectivity index (χ4n) is 2.70. The normalized spacial score (nSPS) is 23.8. The highest BCUT2D eigenvalue weighted by molar-refractivity contribution is 5.92. The van der Waals surface area contributed by atoms with Gasteiger partial charge in [-0.2, -0.15) is 0 Å². The minimum atomic E-state index is -0.419. The highest BCUT2D eigenvalue weighted by Crippen LogP contribution is 2.26. The molecular weight excluding hydrogens is 246 g/mol. The first-order valence-electron chi connectivity index (χ1n) is 6.52. The van der Waals surface area contributed by atoms with Gasteiger partial charge in [0.15, 0.2) is 5.76 Å². The zero-order valence-electron chi connectivity index (χ0n) is 11.3. The van der Waals surface area contributed by atoms with E-state index < -0.39 is 5.91 Å². The van der Waals surface area contributed by atoms with Crippen LogP contribution in [0.4, 0.5) is 0 Å². The van der Waals surface area contributed by atoms with Gasteiger partial charge in [-0.05, 0) is 31.9 Å². The number of nitrogens with two attached hydrogens (primary N) is 1. The molecule has 6 heteroatoms. The van der Waals surface area contributed by atoms with Crippen LogP contribution in [0, 0.1) is 12.8 Å². The number of aliphatic hydroxyl groups is 1. The summed E-state index contributed by atoms with van der Waals surface area (Å²) in [6, 6.07) is 2.01. The summed E-state index contributed by atoms with van der Waals surface area (Å²) in [5, 5.41) is 9.42. The summed E-state index contributed by atoms with van der Waals surface area (Å²) in [5.74, 6) is 6.15. The van der Waals surface area contributed by atoms with E-state index in [1.54, 1.807) is 0 Å². The third kappa shape index (κ3) is 2.80. The van der Waals surface area contributed by atoms with Gasteiger partial charge in [-0.15, -0.1) is 0 Å². The fourth-order valence-corrected chi connectivity index (χ4v) is 2.70. The lowest BCUT2D eigenvalue weighted by Gasteiger charge is -2.23. The first-order valence-corrected chi connectivity index (χ1v) is 6.52. The molecule has 1 amide bonds. The lowest BCUT2D eigenvalue weighted by atomic mass is 10.0. The Labute approximate surface area is 112 Å². The number of likely N-dealkylation sites (tertiary alicyclic amines) is 1.